The molecule has 1 N–H and O–H groups in total. The van der Waals surface area contributed by atoms with E-state index in [1.54, 1.807) is 7.11 Å². The maximum absolute atomic E-state index is 5.09. The number of hydrogen-bond acceptors (Lipinski definition) is 5. The molecule has 0 aliphatic carbocycles. The molecule has 5 heteroatoms. The minimum absolute atomic E-state index is 0.483. The van der Waals surface area contributed by atoms with Gasteiger partial charge in [0.25, 0.3) is 0 Å². The van der Waals surface area contributed by atoms with E-state index in [4.69, 9.17) is 9.72 Å². The number of anilines is 1. The Hall–Kier alpha value is -0.650. The van der Waals surface area contributed by atoms with Gasteiger partial charge in [-0.15, -0.1) is 11.3 Å². The van der Waals surface area contributed by atoms with Gasteiger partial charge in [-0.2, -0.15) is 0 Å². The van der Waals surface area contributed by atoms with Gasteiger partial charge in [0.1, 0.15) is 0 Å². The van der Waals surface area contributed by atoms with Gasteiger partial charge in [0.05, 0.1) is 12.3 Å². The highest BCUT2D eigenvalue weighted by atomic mass is 32.1. The van der Waals surface area contributed by atoms with Crippen molar-refractivity contribution in [2.24, 2.45) is 5.92 Å². The van der Waals surface area contributed by atoms with Gasteiger partial charge in [-0.1, -0.05) is 20.8 Å². The number of rotatable bonds is 7. The smallest absolute Gasteiger partial charge is 0.185 e. The lowest BCUT2D eigenvalue weighted by Crippen LogP contribution is -2.34. The van der Waals surface area contributed by atoms with E-state index in [-0.39, 0.29) is 0 Å². The summed E-state index contributed by atoms with van der Waals surface area (Å²) in [4.78, 5) is 8.80. The van der Waals surface area contributed by atoms with Crippen LogP contribution in [-0.4, -0.2) is 38.3 Å². The van der Waals surface area contributed by atoms with E-state index in [1.807, 2.05) is 11.3 Å². The molecule has 0 radical (unpaired) electrons. The molecule has 1 atom stereocenters. The van der Waals surface area contributed by atoms with Crippen LogP contribution in [0.1, 0.15) is 50.1 Å². The first-order chi connectivity index (χ1) is 10.1. The van der Waals surface area contributed by atoms with Crippen molar-refractivity contribution < 1.29 is 4.74 Å². The highest BCUT2D eigenvalue weighted by Crippen LogP contribution is 2.32. The second kappa shape index (κ2) is 8.11. The van der Waals surface area contributed by atoms with Gasteiger partial charge in [-0.05, 0) is 24.7 Å². The molecule has 1 aromatic rings. The number of methoxy groups -OCH3 is 1. The zero-order valence-electron chi connectivity index (χ0n) is 13.8. The van der Waals surface area contributed by atoms with Crippen LogP contribution < -0.4 is 10.2 Å². The Balaban J connectivity index is 2.05. The maximum atomic E-state index is 5.09. The van der Waals surface area contributed by atoms with Crippen molar-refractivity contribution >= 4 is 16.5 Å². The molecular weight excluding hydrogens is 282 g/mol. The van der Waals surface area contributed by atoms with E-state index in [1.165, 1.54) is 28.5 Å². The third-order valence-electron chi connectivity index (χ3n) is 3.96. The van der Waals surface area contributed by atoms with Crippen LogP contribution in [0, 0.1) is 5.92 Å². The summed E-state index contributed by atoms with van der Waals surface area (Å²) in [7, 11) is 1.74. The fourth-order valence-electron chi connectivity index (χ4n) is 2.80. The molecule has 2 rings (SSSR count). The van der Waals surface area contributed by atoms with Crippen molar-refractivity contribution in [3.8, 4) is 0 Å². The molecule has 0 saturated carbocycles. The van der Waals surface area contributed by atoms with Gasteiger partial charge in [0.15, 0.2) is 5.13 Å². The van der Waals surface area contributed by atoms with Crippen molar-refractivity contribution in [1.29, 1.82) is 0 Å². The van der Waals surface area contributed by atoms with E-state index in [0.717, 1.165) is 38.7 Å². The summed E-state index contributed by atoms with van der Waals surface area (Å²) in [5.74, 6) is 1.27. The summed E-state index contributed by atoms with van der Waals surface area (Å²) in [6.07, 6.45) is 2.64. The van der Waals surface area contributed by atoms with E-state index in [0.29, 0.717) is 5.92 Å². The van der Waals surface area contributed by atoms with Gasteiger partial charge in [-0.25, -0.2) is 4.98 Å². The fraction of sp³-hybridized carbons (Fsp3) is 0.812. The molecule has 0 bridgehead atoms. The summed E-state index contributed by atoms with van der Waals surface area (Å²) < 4.78 is 5.09. The summed E-state index contributed by atoms with van der Waals surface area (Å²) in [5, 5.41) is 4.67. The number of nitrogens with one attached hydrogen (secondary N) is 1. The Kier molecular flexibility index (Phi) is 6.45. The van der Waals surface area contributed by atoms with Crippen LogP contribution in [0.2, 0.25) is 0 Å². The summed E-state index contributed by atoms with van der Waals surface area (Å²) >= 11 is 1.87. The van der Waals surface area contributed by atoms with Crippen LogP contribution in [0.4, 0.5) is 5.13 Å². The Morgan fingerprint density at radius 3 is 2.95 bits per heavy atom. The Labute approximate surface area is 132 Å². The zero-order chi connectivity index (χ0) is 15.2. The third-order valence-corrected chi connectivity index (χ3v) is 5.09. The lowest BCUT2D eigenvalue weighted by Gasteiger charge is -2.30. The average Bonchev–Trinajstić information content (AvgIpc) is 2.88. The maximum Gasteiger partial charge on any atom is 0.185 e. The van der Waals surface area contributed by atoms with Gasteiger partial charge >= 0.3 is 0 Å². The lowest BCUT2D eigenvalue weighted by molar-refractivity contribution is 0.199. The minimum atomic E-state index is 0.483. The second-order valence-electron chi connectivity index (χ2n) is 6.32. The highest BCUT2D eigenvalue weighted by molar-refractivity contribution is 7.15. The molecule has 0 aromatic carbocycles. The number of aromatic nitrogens is 1. The Morgan fingerprint density at radius 1 is 1.48 bits per heavy atom. The van der Waals surface area contributed by atoms with Crippen LogP contribution >= 0.6 is 11.3 Å². The van der Waals surface area contributed by atoms with Crippen molar-refractivity contribution in [3.63, 3.8) is 0 Å². The zero-order valence-corrected chi connectivity index (χ0v) is 14.6. The van der Waals surface area contributed by atoms with Crippen molar-refractivity contribution in [3.05, 3.63) is 10.6 Å². The predicted molar refractivity (Wildman–Crippen MR) is 90.4 cm³/mol. The molecule has 2 heterocycles. The standard InChI is InChI=1S/C16H29N3OS/c1-12(2)15-14(10-17-7-9-20-4)21-16(18-15)19-8-5-6-13(3)11-19/h12-13,17H,5-11H2,1-4H3. The summed E-state index contributed by atoms with van der Waals surface area (Å²) in [5.41, 5.74) is 1.26. The SMILES string of the molecule is COCCNCc1sc(N2CCCC(C)C2)nc1C(C)C. The first-order valence-electron chi connectivity index (χ1n) is 8.06. The average molecular weight is 311 g/mol. The van der Waals surface area contributed by atoms with Gasteiger partial charge in [-0.3, -0.25) is 0 Å². The molecule has 1 fully saturated rings. The van der Waals surface area contributed by atoms with Gasteiger partial charge < -0.3 is 15.0 Å². The first-order valence-corrected chi connectivity index (χ1v) is 8.87. The van der Waals surface area contributed by atoms with Crippen molar-refractivity contribution in [1.82, 2.24) is 10.3 Å². The molecule has 120 valence electrons. The Bertz CT molecular complexity index is 433. The molecule has 1 saturated heterocycles. The number of piperidine rings is 1. The van der Waals surface area contributed by atoms with Crippen molar-refractivity contribution in [2.75, 3.05) is 38.3 Å². The molecule has 0 amide bonds. The largest absolute Gasteiger partial charge is 0.383 e. The molecule has 1 unspecified atom stereocenters. The number of hydrogen-bond donors (Lipinski definition) is 1. The second-order valence-corrected chi connectivity index (χ2v) is 7.38. The van der Waals surface area contributed by atoms with Gasteiger partial charge in [0, 0.05) is 38.2 Å². The quantitative estimate of drug-likeness (QED) is 0.785. The molecule has 21 heavy (non-hydrogen) atoms. The normalized spacial score (nSPS) is 19.5. The molecule has 1 aliphatic rings. The minimum Gasteiger partial charge on any atom is -0.383 e. The van der Waals surface area contributed by atoms with E-state index >= 15 is 0 Å². The van der Waals surface area contributed by atoms with Crippen LogP contribution in [0.3, 0.4) is 0 Å². The fourth-order valence-corrected chi connectivity index (χ4v) is 4.02. The monoisotopic (exact) mass is 311 g/mol. The Morgan fingerprint density at radius 2 is 2.29 bits per heavy atom. The topological polar surface area (TPSA) is 37.4 Å². The number of nitrogens with zero attached hydrogens (tertiary/aromatic N) is 2. The molecule has 1 aromatic heterocycles. The van der Waals surface area contributed by atoms with E-state index < -0.39 is 0 Å². The molecule has 1 aliphatic heterocycles. The van der Waals surface area contributed by atoms with Crippen LogP contribution in [0.25, 0.3) is 0 Å². The van der Waals surface area contributed by atoms with Gasteiger partial charge in [0.2, 0.25) is 0 Å². The predicted octanol–water partition coefficient (Wildman–Crippen LogP) is 3.24. The van der Waals surface area contributed by atoms with E-state index in [9.17, 15) is 0 Å². The molecular formula is C16H29N3OS. The number of ether oxygens (including phenoxy) is 1. The van der Waals surface area contributed by atoms with E-state index in [2.05, 4.69) is 31.0 Å². The van der Waals surface area contributed by atoms with Crippen LogP contribution in [-0.2, 0) is 11.3 Å². The van der Waals surface area contributed by atoms with Crippen LogP contribution in [0.5, 0.6) is 0 Å². The molecule has 0 spiro atoms. The van der Waals surface area contributed by atoms with Crippen LogP contribution in [0.15, 0.2) is 0 Å². The summed E-state index contributed by atoms with van der Waals surface area (Å²) in [6.45, 7) is 11.7. The first kappa shape index (κ1) is 16.7. The molecule has 4 nitrogen and oxygen atoms in total. The number of thiazole rings is 1. The van der Waals surface area contributed by atoms with Crippen molar-refractivity contribution in [2.45, 2.75) is 46.1 Å². The highest BCUT2D eigenvalue weighted by Gasteiger charge is 2.22. The third kappa shape index (κ3) is 4.66. The summed E-state index contributed by atoms with van der Waals surface area (Å²) in [6, 6.07) is 0. The lowest BCUT2D eigenvalue weighted by atomic mass is 10.0.